The number of rotatable bonds is 6. The molecule has 5 heteroatoms. The molecule has 1 saturated heterocycles. The third-order valence-electron chi connectivity index (χ3n) is 4.31. The van der Waals surface area contributed by atoms with Crippen LogP contribution in [0.1, 0.15) is 23.2 Å². The molecule has 1 aromatic heterocycles. The summed E-state index contributed by atoms with van der Waals surface area (Å²) in [5.41, 5.74) is 3.30. The first-order chi connectivity index (χ1) is 12.2. The first-order valence-electron chi connectivity index (χ1n) is 8.75. The van der Waals surface area contributed by atoms with Gasteiger partial charge in [-0.1, -0.05) is 35.9 Å². The highest BCUT2D eigenvalue weighted by Gasteiger charge is 2.21. The van der Waals surface area contributed by atoms with E-state index in [2.05, 4.69) is 35.4 Å². The molecule has 1 aliphatic rings. The standard InChI is InChI=1S/C20H25N3OS/c1-16-5-4-6-17(11-16)13-23(14-18-7-2-3-8-21-18)20(24)12-19-15-25-10-9-22-19/h2-8,11,19,22H,9-10,12-15H2,1H3. The molecular formula is C20H25N3OS. The quantitative estimate of drug-likeness (QED) is 0.865. The van der Waals surface area contributed by atoms with Gasteiger partial charge in [0.05, 0.1) is 12.2 Å². The first kappa shape index (κ1) is 18.0. The van der Waals surface area contributed by atoms with Crippen molar-refractivity contribution in [2.24, 2.45) is 0 Å². The van der Waals surface area contributed by atoms with Crippen LogP contribution in [0.15, 0.2) is 48.7 Å². The van der Waals surface area contributed by atoms with Crippen molar-refractivity contribution in [2.75, 3.05) is 18.1 Å². The minimum absolute atomic E-state index is 0.187. The normalized spacial score (nSPS) is 17.2. The van der Waals surface area contributed by atoms with Crippen molar-refractivity contribution in [3.8, 4) is 0 Å². The summed E-state index contributed by atoms with van der Waals surface area (Å²) in [5, 5.41) is 3.46. The van der Waals surface area contributed by atoms with Crippen LogP contribution in [0.3, 0.4) is 0 Å². The lowest BCUT2D eigenvalue weighted by atomic mass is 10.1. The number of nitrogens with zero attached hydrogens (tertiary/aromatic N) is 2. The summed E-state index contributed by atoms with van der Waals surface area (Å²) in [6.07, 6.45) is 2.33. The van der Waals surface area contributed by atoms with E-state index in [0.717, 1.165) is 29.3 Å². The molecule has 0 radical (unpaired) electrons. The van der Waals surface area contributed by atoms with Gasteiger partial charge in [-0.25, -0.2) is 0 Å². The molecule has 1 aliphatic heterocycles. The number of nitrogens with one attached hydrogen (secondary N) is 1. The van der Waals surface area contributed by atoms with E-state index in [1.54, 1.807) is 6.20 Å². The van der Waals surface area contributed by atoms with Crippen molar-refractivity contribution in [3.05, 3.63) is 65.5 Å². The molecule has 2 aromatic rings. The van der Waals surface area contributed by atoms with Gasteiger partial charge in [-0.05, 0) is 24.6 Å². The molecule has 1 atom stereocenters. The fourth-order valence-corrected chi connectivity index (χ4v) is 3.99. The zero-order chi connectivity index (χ0) is 17.5. The Balaban J connectivity index is 1.71. The SMILES string of the molecule is Cc1cccc(CN(Cc2ccccn2)C(=O)CC2CSCCN2)c1. The van der Waals surface area contributed by atoms with Crippen molar-refractivity contribution >= 4 is 17.7 Å². The summed E-state index contributed by atoms with van der Waals surface area (Å²) in [6.45, 7) is 4.24. The van der Waals surface area contributed by atoms with Crippen LogP contribution in [0.5, 0.6) is 0 Å². The number of hydrogen-bond acceptors (Lipinski definition) is 4. The number of carbonyl (C=O) groups excluding carboxylic acids is 1. The van der Waals surface area contributed by atoms with Gasteiger partial charge in [0.25, 0.3) is 0 Å². The largest absolute Gasteiger partial charge is 0.332 e. The molecule has 1 aromatic carbocycles. The van der Waals surface area contributed by atoms with Crippen molar-refractivity contribution < 1.29 is 4.79 Å². The fraction of sp³-hybridized carbons (Fsp3) is 0.400. The summed E-state index contributed by atoms with van der Waals surface area (Å²) >= 11 is 1.92. The predicted molar refractivity (Wildman–Crippen MR) is 103 cm³/mol. The average molecular weight is 356 g/mol. The maximum atomic E-state index is 13.0. The maximum absolute atomic E-state index is 13.0. The number of amides is 1. The molecule has 1 unspecified atom stereocenters. The second kappa shape index (κ2) is 9.02. The smallest absolute Gasteiger partial charge is 0.224 e. The Morgan fingerprint density at radius 3 is 2.92 bits per heavy atom. The van der Waals surface area contributed by atoms with Crippen molar-refractivity contribution in [2.45, 2.75) is 32.5 Å². The molecule has 0 aliphatic carbocycles. The maximum Gasteiger partial charge on any atom is 0.224 e. The Bertz CT molecular complexity index is 686. The molecular weight excluding hydrogens is 330 g/mol. The molecule has 0 saturated carbocycles. The van der Waals surface area contributed by atoms with Crippen LogP contribution >= 0.6 is 11.8 Å². The summed E-state index contributed by atoms with van der Waals surface area (Å²) < 4.78 is 0. The van der Waals surface area contributed by atoms with E-state index < -0.39 is 0 Å². The Labute approximate surface area is 154 Å². The number of aryl methyl sites for hydroxylation is 1. The zero-order valence-electron chi connectivity index (χ0n) is 14.6. The first-order valence-corrected chi connectivity index (χ1v) is 9.90. The van der Waals surface area contributed by atoms with E-state index in [4.69, 9.17) is 0 Å². The van der Waals surface area contributed by atoms with Gasteiger partial charge < -0.3 is 10.2 Å². The summed E-state index contributed by atoms with van der Waals surface area (Å²) in [7, 11) is 0. The third kappa shape index (κ3) is 5.58. The van der Waals surface area contributed by atoms with Crippen molar-refractivity contribution in [1.29, 1.82) is 0 Å². The highest BCUT2D eigenvalue weighted by Crippen LogP contribution is 2.15. The third-order valence-corrected chi connectivity index (χ3v) is 5.44. The minimum Gasteiger partial charge on any atom is -0.332 e. The summed E-state index contributed by atoms with van der Waals surface area (Å²) in [5.74, 6) is 2.33. The molecule has 2 heterocycles. The van der Waals surface area contributed by atoms with Crippen LogP contribution in [0.25, 0.3) is 0 Å². The Kier molecular flexibility index (Phi) is 6.48. The lowest BCUT2D eigenvalue weighted by Gasteiger charge is -2.27. The van der Waals surface area contributed by atoms with Gasteiger partial charge >= 0.3 is 0 Å². The molecule has 3 rings (SSSR count). The summed E-state index contributed by atoms with van der Waals surface area (Å²) in [4.78, 5) is 19.3. The van der Waals surface area contributed by atoms with E-state index in [0.29, 0.717) is 19.5 Å². The molecule has 132 valence electrons. The van der Waals surface area contributed by atoms with Gasteiger partial charge in [0.15, 0.2) is 0 Å². The highest BCUT2D eigenvalue weighted by molar-refractivity contribution is 7.99. The van der Waals surface area contributed by atoms with E-state index in [-0.39, 0.29) is 11.9 Å². The monoisotopic (exact) mass is 355 g/mol. The molecule has 0 bridgehead atoms. The van der Waals surface area contributed by atoms with Crippen LogP contribution in [0.2, 0.25) is 0 Å². The van der Waals surface area contributed by atoms with Crippen molar-refractivity contribution in [1.82, 2.24) is 15.2 Å². The second-order valence-corrected chi connectivity index (χ2v) is 7.64. The van der Waals surface area contributed by atoms with E-state index in [1.807, 2.05) is 40.9 Å². The van der Waals surface area contributed by atoms with Gasteiger partial charge in [0.1, 0.15) is 0 Å². The van der Waals surface area contributed by atoms with Gasteiger partial charge in [-0.2, -0.15) is 11.8 Å². The number of pyridine rings is 1. The van der Waals surface area contributed by atoms with Gasteiger partial charge in [0.2, 0.25) is 5.91 Å². The number of benzene rings is 1. The Morgan fingerprint density at radius 2 is 2.20 bits per heavy atom. The number of thioether (sulfide) groups is 1. The van der Waals surface area contributed by atoms with E-state index >= 15 is 0 Å². The number of carbonyl (C=O) groups is 1. The molecule has 0 spiro atoms. The van der Waals surface area contributed by atoms with Crippen LogP contribution in [0.4, 0.5) is 0 Å². The van der Waals surface area contributed by atoms with Gasteiger partial charge in [-0.15, -0.1) is 0 Å². The second-order valence-electron chi connectivity index (χ2n) is 6.49. The zero-order valence-corrected chi connectivity index (χ0v) is 15.5. The molecule has 1 N–H and O–H groups in total. The highest BCUT2D eigenvalue weighted by atomic mass is 32.2. The minimum atomic E-state index is 0.187. The molecule has 4 nitrogen and oxygen atoms in total. The number of aromatic nitrogens is 1. The number of hydrogen-bond donors (Lipinski definition) is 1. The molecule has 1 amide bonds. The molecule has 1 fully saturated rings. The van der Waals surface area contributed by atoms with Crippen molar-refractivity contribution in [3.63, 3.8) is 0 Å². The van der Waals surface area contributed by atoms with Crippen LogP contribution in [0, 0.1) is 6.92 Å². The van der Waals surface area contributed by atoms with E-state index in [9.17, 15) is 4.79 Å². The van der Waals surface area contributed by atoms with Crippen LogP contribution in [-0.2, 0) is 17.9 Å². The van der Waals surface area contributed by atoms with Gasteiger partial charge in [-0.3, -0.25) is 9.78 Å². The fourth-order valence-electron chi connectivity index (χ4n) is 3.04. The van der Waals surface area contributed by atoms with Crippen LogP contribution in [-0.4, -0.2) is 39.9 Å². The van der Waals surface area contributed by atoms with E-state index in [1.165, 1.54) is 5.56 Å². The Hall–Kier alpha value is -1.85. The lowest BCUT2D eigenvalue weighted by Crippen LogP contribution is -2.42. The predicted octanol–water partition coefficient (Wildman–Crippen LogP) is 3.01. The van der Waals surface area contributed by atoms with Gasteiger partial charge in [0, 0.05) is 43.3 Å². The van der Waals surface area contributed by atoms with Crippen LogP contribution < -0.4 is 5.32 Å². The average Bonchev–Trinajstić information content (AvgIpc) is 2.63. The molecule has 25 heavy (non-hydrogen) atoms. The Morgan fingerprint density at radius 1 is 1.28 bits per heavy atom. The topological polar surface area (TPSA) is 45.2 Å². The summed E-state index contributed by atoms with van der Waals surface area (Å²) in [6, 6.07) is 14.5. The lowest BCUT2D eigenvalue weighted by molar-refractivity contribution is -0.133.